The number of rotatable bonds is 7. The minimum absolute atomic E-state index is 0.0278. The zero-order chi connectivity index (χ0) is 28.0. The number of nitrogens with zero attached hydrogens (tertiary/aromatic N) is 4. The average Bonchev–Trinajstić information content (AvgIpc) is 3.03. The van der Waals surface area contributed by atoms with Gasteiger partial charge in [0.05, 0.1) is 29.9 Å². The molecule has 0 spiro atoms. The molecular formula is C32H38FN5O3. The Bertz CT molecular complexity index is 1590. The predicted molar refractivity (Wildman–Crippen MR) is 156 cm³/mol. The number of morpholine rings is 1. The first kappa shape index (κ1) is 26.6. The van der Waals surface area contributed by atoms with E-state index in [1.165, 1.54) is 31.4 Å². The van der Waals surface area contributed by atoms with Gasteiger partial charge in [0.2, 0.25) is 5.36 Å². The molecule has 2 heterocycles. The van der Waals surface area contributed by atoms with Crippen LogP contribution in [-0.2, 0) is 17.8 Å². The molecule has 4 aliphatic carbocycles. The number of hydrogen-bond donors (Lipinski definition) is 1. The largest absolute Gasteiger partial charge is 0.379 e. The fourth-order valence-electron chi connectivity index (χ4n) is 8.50. The third-order valence-corrected chi connectivity index (χ3v) is 9.89. The van der Waals surface area contributed by atoms with Crippen molar-refractivity contribution in [3.63, 3.8) is 0 Å². The van der Waals surface area contributed by atoms with Crippen LogP contribution < -0.4 is 21.9 Å². The van der Waals surface area contributed by atoms with Gasteiger partial charge in [-0.2, -0.15) is 5.10 Å². The van der Waals surface area contributed by atoms with E-state index in [0.717, 1.165) is 50.1 Å². The van der Waals surface area contributed by atoms with Gasteiger partial charge in [0.1, 0.15) is 5.82 Å². The Balaban J connectivity index is 1.40. The van der Waals surface area contributed by atoms with E-state index in [0.29, 0.717) is 49.6 Å². The van der Waals surface area contributed by atoms with Crippen LogP contribution in [0.1, 0.15) is 38.5 Å². The summed E-state index contributed by atoms with van der Waals surface area (Å²) in [5, 5.41) is 4.26. The number of aromatic nitrogens is 2. The van der Waals surface area contributed by atoms with Gasteiger partial charge in [-0.3, -0.25) is 19.9 Å². The van der Waals surface area contributed by atoms with Crippen molar-refractivity contribution < 1.29 is 9.13 Å². The van der Waals surface area contributed by atoms with Crippen LogP contribution in [0.4, 0.5) is 10.1 Å². The molecule has 216 valence electrons. The summed E-state index contributed by atoms with van der Waals surface area (Å²) in [6.45, 7) is 4.26. The van der Waals surface area contributed by atoms with E-state index in [2.05, 4.69) is 15.4 Å². The number of ether oxygens (including phenoxy) is 1. The second-order valence-corrected chi connectivity index (χ2v) is 12.8. The van der Waals surface area contributed by atoms with Gasteiger partial charge >= 0.3 is 0 Å². The van der Waals surface area contributed by atoms with Gasteiger partial charge in [0.15, 0.2) is 0 Å². The summed E-state index contributed by atoms with van der Waals surface area (Å²) >= 11 is 0. The van der Waals surface area contributed by atoms with Crippen molar-refractivity contribution in [2.24, 2.45) is 28.3 Å². The predicted octanol–water partition coefficient (Wildman–Crippen LogP) is 3.78. The maximum absolute atomic E-state index is 14.8. The van der Waals surface area contributed by atoms with Crippen molar-refractivity contribution in [1.82, 2.24) is 14.0 Å². The van der Waals surface area contributed by atoms with Crippen LogP contribution >= 0.6 is 0 Å². The number of nitrogens with one attached hydrogen (secondary N) is 1. The molecule has 1 aromatic heterocycles. The van der Waals surface area contributed by atoms with Gasteiger partial charge in [-0.25, -0.2) is 4.39 Å². The molecule has 1 aliphatic heterocycles. The maximum Gasteiger partial charge on any atom is 0.284 e. The van der Waals surface area contributed by atoms with Crippen molar-refractivity contribution in [2.75, 3.05) is 38.3 Å². The van der Waals surface area contributed by atoms with E-state index in [-0.39, 0.29) is 10.8 Å². The lowest BCUT2D eigenvalue weighted by molar-refractivity contribution is -0.0617. The molecule has 0 radical (unpaired) electrons. The lowest BCUT2D eigenvalue weighted by Gasteiger charge is -2.57. The van der Waals surface area contributed by atoms with E-state index < -0.39 is 16.9 Å². The van der Waals surface area contributed by atoms with Crippen LogP contribution in [0.2, 0.25) is 0 Å². The van der Waals surface area contributed by atoms with E-state index in [4.69, 9.17) is 4.74 Å². The summed E-state index contributed by atoms with van der Waals surface area (Å²) < 4.78 is 23.6. The van der Waals surface area contributed by atoms with Gasteiger partial charge in [-0.05, 0) is 92.0 Å². The average molecular weight is 560 g/mol. The molecule has 41 heavy (non-hydrogen) atoms. The molecule has 9 heteroatoms. The zero-order valence-electron chi connectivity index (χ0n) is 23.4. The Morgan fingerprint density at radius 2 is 1.51 bits per heavy atom. The maximum atomic E-state index is 14.8. The Labute approximate surface area is 238 Å². The van der Waals surface area contributed by atoms with E-state index >= 15 is 0 Å². The van der Waals surface area contributed by atoms with Gasteiger partial charge in [-0.15, -0.1) is 0 Å². The molecule has 1 saturated heterocycles. The van der Waals surface area contributed by atoms with Crippen LogP contribution in [0.5, 0.6) is 0 Å². The molecule has 0 atom stereocenters. The monoisotopic (exact) mass is 559 g/mol. The van der Waals surface area contributed by atoms with Gasteiger partial charge < -0.3 is 13.9 Å². The molecular weight excluding hydrogens is 521 g/mol. The van der Waals surface area contributed by atoms with Crippen LogP contribution in [-0.4, -0.2) is 46.9 Å². The van der Waals surface area contributed by atoms with Crippen molar-refractivity contribution in [2.45, 2.75) is 51.6 Å². The van der Waals surface area contributed by atoms with E-state index in [1.807, 2.05) is 30.3 Å². The standard InChI is InChI=1S/C32H38FN5O3/c33-25-6-7-27-28(17-25)37(9-8-36-10-12-41-13-11-36)30(39)29(35-34-26-4-2-1-3-5-26)31(40)38(27)21-32-18-22-14-23(19-32)16-24(15-22)20-32/h1-7,17,22-24,34H,8-16,18-21H2. The molecule has 5 fully saturated rings. The molecule has 4 bridgehead atoms. The highest BCUT2D eigenvalue weighted by molar-refractivity contribution is 5.75. The summed E-state index contributed by atoms with van der Waals surface area (Å²) in [6, 6.07) is 13.8. The van der Waals surface area contributed by atoms with Crippen molar-refractivity contribution in [3.05, 3.63) is 80.4 Å². The first-order chi connectivity index (χ1) is 20.0. The number of fused-ring (bicyclic) bond motifs is 1. The Hall–Kier alpha value is -3.30. The Morgan fingerprint density at radius 1 is 0.854 bits per heavy atom. The van der Waals surface area contributed by atoms with Crippen molar-refractivity contribution in [3.8, 4) is 0 Å². The SMILES string of the molecule is O=c1c(=NNc2ccccc2)c(=O)n(CC23CC4CC(CC(C4)C2)C3)c2ccc(F)cc2n1CCN1CCOCC1. The lowest BCUT2D eigenvalue weighted by Crippen LogP contribution is -2.51. The first-order valence-electron chi connectivity index (χ1n) is 15.1. The highest BCUT2D eigenvalue weighted by atomic mass is 19.1. The summed E-state index contributed by atoms with van der Waals surface area (Å²) in [6.07, 6.45) is 7.25. The minimum atomic E-state index is -0.508. The number of halogens is 1. The van der Waals surface area contributed by atoms with Crippen LogP contribution in [0.15, 0.2) is 63.2 Å². The van der Waals surface area contributed by atoms with Crippen LogP contribution in [0.3, 0.4) is 0 Å². The first-order valence-corrected chi connectivity index (χ1v) is 15.1. The fraction of sp³-hybridized carbons (Fsp3) is 0.531. The minimum Gasteiger partial charge on any atom is -0.379 e. The molecule has 4 saturated carbocycles. The number of hydrogen-bond acceptors (Lipinski definition) is 6. The summed E-state index contributed by atoms with van der Waals surface area (Å²) in [7, 11) is 0. The van der Waals surface area contributed by atoms with Crippen LogP contribution in [0.25, 0.3) is 11.0 Å². The topological polar surface area (TPSA) is 80.9 Å². The summed E-state index contributed by atoms with van der Waals surface area (Å²) in [5.41, 5.74) is 3.75. The van der Waals surface area contributed by atoms with Gasteiger partial charge in [0.25, 0.3) is 11.1 Å². The van der Waals surface area contributed by atoms with Gasteiger partial charge in [-0.1, -0.05) is 18.2 Å². The molecule has 0 amide bonds. The smallest absolute Gasteiger partial charge is 0.284 e. The quantitative estimate of drug-likeness (QED) is 0.446. The highest BCUT2D eigenvalue weighted by Gasteiger charge is 2.51. The molecule has 3 aromatic rings. The second kappa shape index (κ2) is 10.8. The third-order valence-electron chi connectivity index (χ3n) is 9.89. The number of para-hydroxylation sites is 1. The summed E-state index contributed by atoms with van der Waals surface area (Å²) in [4.78, 5) is 30.8. The second-order valence-electron chi connectivity index (χ2n) is 12.8. The molecule has 8 rings (SSSR count). The van der Waals surface area contributed by atoms with Gasteiger partial charge in [0, 0.05) is 32.7 Å². The molecule has 8 nitrogen and oxygen atoms in total. The summed E-state index contributed by atoms with van der Waals surface area (Å²) in [5.74, 6) is 1.72. The van der Waals surface area contributed by atoms with E-state index in [1.54, 1.807) is 15.2 Å². The molecule has 0 unspecified atom stereocenters. The highest BCUT2D eigenvalue weighted by Crippen LogP contribution is 2.60. The number of anilines is 1. The lowest BCUT2D eigenvalue weighted by atomic mass is 9.49. The molecule has 1 N–H and O–H groups in total. The third kappa shape index (κ3) is 5.26. The fourth-order valence-corrected chi connectivity index (χ4v) is 8.50. The van der Waals surface area contributed by atoms with E-state index in [9.17, 15) is 14.0 Å². The number of benzene rings is 2. The van der Waals surface area contributed by atoms with Crippen LogP contribution in [0, 0.1) is 29.0 Å². The van der Waals surface area contributed by atoms with Crippen molar-refractivity contribution in [1.29, 1.82) is 0 Å². The zero-order valence-corrected chi connectivity index (χ0v) is 23.4. The Kier molecular flexibility index (Phi) is 7.03. The normalized spacial score (nSPS) is 27.9. The molecule has 5 aliphatic rings. The van der Waals surface area contributed by atoms with Crippen molar-refractivity contribution >= 4 is 16.7 Å². The molecule has 2 aromatic carbocycles. The Morgan fingerprint density at radius 3 is 2.20 bits per heavy atom.